The lowest BCUT2D eigenvalue weighted by molar-refractivity contribution is -0.135. The maximum Gasteiger partial charge on any atom is 0.242 e. The van der Waals surface area contributed by atoms with Gasteiger partial charge in [0.25, 0.3) is 0 Å². The lowest BCUT2D eigenvalue weighted by atomic mass is 9.49. The molecule has 1 aromatic rings. The number of hydrogen-bond acceptors (Lipinski definition) is 3. The molecule has 0 spiro atoms. The van der Waals surface area contributed by atoms with E-state index in [1.807, 2.05) is 11.9 Å². The Balaban J connectivity index is 1.30. The zero-order valence-corrected chi connectivity index (χ0v) is 17.9. The van der Waals surface area contributed by atoms with Gasteiger partial charge >= 0.3 is 0 Å². The average molecular weight is 425 g/mol. The van der Waals surface area contributed by atoms with Crippen molar-refractivity contribution in [3.05, 3.63) is 29.3 Å². The van der Waals surface area contributed by atoms with Crippen molar-refractivity contribution >= 4 is 27.5 Å². The van der Waals surface area contributed by atoms with E-state index in [1.165, 1.54) is 44.6 Å². The van der Waals surface area contributed by atoms with E-state index < -0.39 is 10.0 Å². The third-order valence-electron chi connectivity index (χ3n) is 6.92. The molecule has 0 saturated heterocycles. The van der Waals surface area contributed by atoms with Gasteiger partial charge in [-0.1, -0.05) is 23.7 Å². The molecule has 5 nitrogen and oxygen atoms in total. The van der Waals surface area contributed by atoms with Crippen LogP contribution in [0, 0.1) is 23.2 Å². The van der Waals surface area contributed by atoms with Crippen LogP contribution in [0.4, 0.5) is 0 Å². The first-order valence-corrected chi connectivity index (χ1v) is 12.1. The number of hydrogen-bond donors (Lipinski definition) is 1. The minimum absolute atomic E-state index is 0.00222. The normalized spacial score (nSPS) is 31.1. The fourth-order valence-electron chi connectivity index (χ4n) is 6.30. The second-order valence-corrected chi connectivity index (χ2v) is 11.4. The number of carbonyl (C=O) groups excluding carboxylic acids is 1. The van der Waals surface area contributed by atoms with Crippen LogP contribution in [-0.2, 0) is 14.8 Å². The molecule has 1 N–H and O–H groups in total. The first-order valence-electron chi connectivity index (χ1n) is 10.2. The number of nitrogens with one attached hydrogen (secondary N) is 1. The molecule has 0 aliphatic heterocycles. The zero-order valence-electron chi connectivity index (χ0n) is 16.4. The summed E-state index contributed by atoms with van der Waals surface area (Å²) in [6, 6.07) is 6.32. The molecule has 0 atom stereocenters. The second kappa shape index (κ2) is 7.62. The second-order valence-electron chi connectivity index (χ2n) is 9.25. The molecule has 4 saturated carbocycles. The van der Waals surface area contributed by atoms with Crippen molar-refractivity contribution < 1.29 is 13.2 Å². The molecule has 1 aromatic carbocycles. The highest BCUT2D eigenvalue weighted by Crippen LogP contribution is 2.60. The molecule has 154 valence electrons. The predicted octanol–water partition coefficient (Wildman–Crippen LogP) is 3.68. The number of carbonyl (C=O) groups is 1. The highest BCUT2D eigenvalue weighted by atomic mass is 35.5. The topological polar surface area (TPSA) is 66.5 Å². The Morgan fingerprint density at radius 1 is 1.14 bits per heavy atom. The van der Waals surface area contributed by atoms with Gasteiger partial charge in [0.15, 0.2) is 0 Å². The molecule has 7 heteroatoms. The van der Waals surface area contributed by atoms with Crippen LogP contribution in [-0.4, -0.2) is 39.4 Å². The molecule has 0 radical (unpaired) electrons. The van der Waals surface area contributed by atoms with E-state index in [4.69, 9.17) is 11.6 Å². The third-order valence-corrected chi connectivity index (χ3v) is 8.88. The molecule has 5 rings (SSSR count). The lowest BCUT2D eigenvalue weighted by Gasteiger charge is -2.57. The van der Waals surface area contributed by atoms with Crippen molar-refractivity contribution in [2.45, 2.75) is 49.8 Å². The molecule has 4 aliphatic rings. The quantitative estimate of drug-likeness (QED) is 0.725. The summed E-state index contributed by atoms with van der Waals surface area (Å²) in [6.07, 6.45) is 8.11. The molecular formula is C21H29ClN2O3S. The van der Waals surface area contributed by atoms with E-state index >= 15 is 0 Å². The number of halogens is 1. The van der Waals surface area contributed by atoms with Crippen LogP contribution in [0.2, 0.25) is 5.02 Å². The Hall–Kier alpha value is -1.11. The maximum absolute atomic E-state index is 12.6. The molecule has 0 unspecified atom stereocenters. The summed E-state index contributed by atoms with van der Waals surface area (Å²) in [7, 11) is -1.84. The van der Waals surface area contributed by atoms with Crippen molar-refractivity contribution in [1.29, 1.82) is 0 Å². The molecule has 4 bridgehead atoms. The summed E-state index contributed by atoms with van der Waals surface area (Å²) in [6.45, 7) is 0.893. The molecule has 0 heterocycles. The van der Waals surface area contributed by atoms with E-state index in [1.54, 1.807) is 18.2 Å². The Morgan fingerprint density at radius 3 is 2.29 bits per heavy atom. The highest BCUT2D eigenvalue weighted by Gasteiger charge is 2.51. The fourth-order valence-corrected chi connectivity index (χ4v) is 7.85. The number of rotatable bonds is 7. The standard InChI is InChI=1S/C21H29ClN2O3S/c1-24(14-21-11-15-8-16(12-21)10-17(9-15)13-21)20(25)6-7-23-28(26,27)19-5-3-2-4-18(19)22/h2-5,15-17,23H,6-14H2,1H3. The third kappa shape index (κ3) is 4.10. The van der Waals surface area contributed by atoms with E-state index in [9.17, 15) is 13.2 Å². The van der Waals surface area contributed by atoms with Crippen LogP contribution in [0.3, 0.4) is 0 Å². The van der Waals surface area contributed by atoms with E-state index in [-0.39, 0.29) is 28.8 Å². The number of amides is 1. The van der Waals surface area contributed by atoms with Crippen molar-refractivity contribution in [2.75, 3.05) is 20.1 Å². The molecular weight excluding hydrogens is 396 g/mol. The van der Waals surface area contributed by atoms with E-state index in [2.05, 4.69) is 4.72 Å². The van der Waals surface area contributed by atoms with Crippen LogP contribution >= 0.6 is 11.6 Å². The van der Waals surface area contributed by atoms with Gasteiger partial charge in [0, 0.05) is 26.6 Å². The van der Waals surface area contributed by atoms with E-state index in [0.717, 1.165) is 24.3 Å². The Kier molecular flexibility index (Phi) is 5.49. The Morgan fingerprint density at radius 2 is 1.71 bits per heavy atom. The van der Waals surface area contributed by atoms with Gasteiger partial charge in [-0.15, -0.1) is 0 Å². The summed E-state index contributed by atoms with van der Waals surface area (Å²) in [5, 5.41) is 0.181. The largest absolute Gasteiger partial charge is 0.345 e. The number of sulfonamides is 1. The van der Waals surface area contributed by atoms with Gasteiger partial charge in [0.1, 0.15) is 4.90 Å². The Labute approximate surface area is 172 Å². The van der Waals surface area contributed by atoms with Crippen molar-refractivity contribution in [2.24, 2.45) is 23.2 Å². The van der Waals surface area contributed by atoms with Crippen LogP contribution in [0.1, 0.15) is 44.9 Å². The van der Waals surface area contributed by atoms with Crippen LogP contribution in [0.15, 0.2) is 29.2 Å². The monoisotopic (exact) mass is 424 g/mol. The van der Waals surface area contributed by atoms with Gasteiger partial charge in [-0.05, 0) is 73.8 Å². The summed E-state index contributed by atoms with van der Waals surface area (Å²) in [5.74, 6) is 2.57. The van der Waals surface area contributed by atoms with Crippen LogP contribution < -0.4 is 4.72 Å². The van der Waals surface area contributed by atoms with Crippen LogP contribution in [0.5, 0.6) is 0 Å². The van der Waals surface area contributed by atoms with Gasteiger partial charge < -0.3 is 4.90 Å². The molecule has 4 aliphatic carbocycles. The highest BCUT2D eigenvalue weighted by molar-refractivity contribution is 7.89. The van der Waals surface area contributed by atoms with Gasteiger partial charge in [0.2, 0.25) is 15.9 Å². The average Bonchev–Trinajstić information content (AvgIpc) is 2.60. The molecule has 0 aromatic heterocycles. The smallest absolute Gasteiger partial charge is 0.242 e. The van der Waals surface area contributed by atoms with Gasteiger partial charge in [-0.25, -0.2) is 13.1 Å². The molecule has 1 amide bonds. The SMILES string of the molecule is CN(CC12CC3CC(CC(C3)C1)C2)C(=O)CCNS(=O)(=O)c1ccccc1Cl. The van der Waals surface area contributed by atoms with Gasteiger partial charge in [-0.3, -0.25) is 4.79 Å². The van der Waals surface area contributed by atoms with E-state index in [0.29, 0.717) is 5.41 Å². The lowest BCUT2D eigenvalue weighted by Crippen LogP contribution is -2.51. The summed E-state index contributed by atoms with van der Waals surface area (Å²) in [4.78, 5) is 14.5. The summed E-state index contributed by atoms with van der Waals surface area (Å²) >= 11 is 5.98. The first-order chi connectivity index (χ1) is 13.3. The minimum Gasteiger partial charge on any atom is -0.345 e. The van der Waals surface area contributed by atoms with Gasteiger partial charge in [-0.2, -0.15) is 0 Å². The summed E-state index contributed by atoms with van der Waals surface area (Å²) in [5.41, 5.74) is 0.302. The zero-order chi connectivity index (χ0) is 19.9. The van der Waals surface area contributed by atoms with Crippen molar-refractivity contribution in [3.8, 4) is 0 Å². The van der Waals surface area contributed by atoms with Crippen molar-refractivity contribution in [3.63, 3.8) is 0 Å². The fraction of sp³-hybridized carbons (Fsp3) is 0.667. The van der Waals surface area contributed by atoms with Gasteiger partial charge in [0.05, 0.1) is 5.02 Å². The van der Waals surface area contributed by atoms with Crippen LogP contribution in [0.25, 0.3) is 0 Å². The Bertz CT molecular complexity index is 820. The maximum atomic E-state index is 12.6. The predicted molar refractivity (Wildman–Crippen MR) is 109 cm³/mol. The number of benzene rings is 1. The number of nitrogens with zero attached hydrogens (tertiary/aromatic N) is 1. The minimum atomic E-state index is -3.71. The van der Waals surface area contributed by atoms with Crippen molar-refractivity contribution in [1.82, 2.24) is 9.62 Å². The molecule has 4 fully saturated rings. The molecule has 28 heavy (non-hydrogen) atoms. The first kappa shape index (κ1) is 20.2. The summed E-state index contributed by atoms with van der Waals surface area (Å²) < 4.78 is 27.3.